The maximum absolute atomic E-state index is 6.23. The Balaban J connectivity index is 2.20. The summed E-state index contributed by atoms with van der Waals surface area (Å²) in [5.41, 5.74) is 7.30. The molecule has 118 valence electrons. The number of pyridine rings is 1. The first-order valence-electron chi connectivity index (χ1n) is 8.06. The highest BCUT2D eigenvalue weighted by molar-refractivity contribution is 5.07. The molecule has 1 aliphatic rings. The molecule has 1 aliphatic heterocycles. The van der Waals surface area contributed by atoms with Crippen LogP contribution in [0.3, 0.4) is 0 Å². The number of hydrogen-bond acceptors (Lipinski definition) is 4. The van der Waals surface area contributed by atoms with Gasteiger partial charge in [-0.05, 0) is 44.9 Å². The molecule has 1 aromatic rings. The maximum atomic E-state index is 6.23. The molecule has 2 atom stereocenters. The molecule has 2 unspecified atom stereocenters. The SMILES string of the molecule is CCN(Cc1ccccn1)C1(CN)CCOC(C)(CC)C1. The van der Waals surface area contributed by atoms with Crippen LogP contribution in [0.25, 0.3) is 0 Å². The molecule has 4 heteroatoms. The van der Waals surface area contributed by atoms with Crippen molar-refractivity contribution in [2.24, 2.45) is 5.73 Å². The van der Waals surface area contributed by atoms with E-state index in [0.717, 1.165) is 44.7 Å². The zero-order valence-electron chi connectivity index (χ0n) is 13.6. The van der Waals surface area contributed by atoms with Crippen LogP contribution in [0.4, 0.5) is 0 Å². The van der Waals surface area contributed by atoms with Crippen LogP contribution in [0.5, 0.6) is 0 Å². The molecule has 2 rings (SSSR count). The molecule has 1 saturated heterocycles. The van der Waals surface area contributed by atoms with Crippen molar-refractivity contribution in [2.45, 2.75) is 57.7 Å². The molecular weight excluding hydrogens is 262 g/mol. The van der Waals surface area contributed by atoms with Crippen LogP contribution in [-0.4, -0.2) is 40.7 Å². The first-order valence-corrected chi connectivity index (χ1v) is 8.06. The summed E-state index contributed by atoms with van der Waals surface area (Å²) in [5.74, 6) is 0. The molecule has 2 N–H and O–H groups in total. The van der Waals surface area contributed by atoms with E-state index in [-0.39, 0.29) is 11.1 Å². The quantitative estimate of drug-likeness (QED) is 0.875. The Bertz CT molecular complexity index is 439. The summed E-state index contributed by atoms with van der Waals surface area (Å²) in [6, 6.07) is 6.09. The summed E-state index contributed by atoms with van der Waals surface area (Å²) in [6.07, 6.45) is 4.88. The molecule has 0 bridgehead atoms. The lowest BCUT2D eigenvalue weighted by Crippen LogP contribution is -2.60. The zero-order chi connectivity index (χ0) is 15.3. The molecule has 0 saturated carbocycles. The normalized spacial score (nSPS) is 29.8. The zero-order valence-corrected chi connectivity index (χ0v) is 13.6. The highest BCUT2D eigenvalue weighted by atomic mass is 16.5. The molecule has 0 spiro atoms. The molecule has 0 amide bonds. The first kappa shape index (κ1) is 16.4. The largest absolute Gasteiger partial charge is 0.375 e. The second-order valence-electron chi connectivity index (χ2n) is 6.34. The second kappa shape index (κ2) is 6.86. The Labute approximate surface area is 128 Å². The van der Waals surface area contributed by atoms with Gasteiger partial charge in [-0.15, -0.1) is 0 Å². The van der Waals surface area contributed by atoms with Crippen molar-refractivity contribution in [2.75, 3.05) is 19.7 Å². The third kappa shape index (κ3) is 3.62. The van der Waals surface area contributed by atoms with E-state index < -0.39 is 0 Å². The molecule has 2 heterocycles. The topological polar surface area (TPSA) is 51.4 Å². The van der Waals surface area contributed by atoms with Gasteiger partial charge in [0.1, 0.15) is 0 Å². The average Bonchev–Trinajstić information content (AvgIpc) is 2.53. The molecular formula is C17H29N3O. The molecule has 1 aromatic heterocycles. The Kier molecular flexibility index (Phi) is 5.36. The Morgan fingerprint density at radius 1 is 1.38 bits per heavy atom. The van der Waals surface area contributed by atoms with E-state index in [0.29, 0.717) is 6.54 Å². The van der Waals surface area contributed by atoms with Crippen molar-refractivity contribution in [1.82, 2.24) is 9.88 Å². The first-order chi connectivity index (χ1) is 10.1. The summed E-state index contributed by atoms with van der Waals surface area (Å²) in [7, 11) is 0. The molecule has 0 aliphatic carbocycles. The lowest BCUT2D eigenvalue weighted by molar-refractivity contribution is -0.130. The van der Waals surface area contributed by atoms with Crippen molar-refractivity contribution in [3.05, 3.63) is 30.1 Å². The lowest BCUT2D eigenvalue weighted by atomic mass is 9.77. The second-order valence-corrected chi connectivity index (χ2v) is 6.34. The lowest BCUT2D eigenvalue weighted by Gasteiger charge is -2.51. The number of likely N-dealkylation sites (N-methyl/N-ethyl adjacent to an activating group) is 1. The number of rotatable bonds is 6. The minimum absolute atomic E-state index is 0.0231. The molecule has 4 nitrogen and oxygen atoms in total. The van der Waals surface area contributed by atoms with Gasteiger partial charge in [-0.1, -0.05) is 19.9 Å². The number of nitrogens with two attached hydrogens (primary N) is 1. The van der Waals surface area contributed by atoms with Gasteiger partial charge in [-0.25, -0.2) is 0 Å². The number of nitrogens with zero attached hydrogens (tertiary/aromatic N) is 2. The maximum Gasteiger partial charge on any atom is 0.0670 e. The van der Waals surface area contributed by atoms with E-state index in [1.165, 1.54) is 0 Å². The van der Waals surface area contributed by atoms with Gasteiger partial charge in [0.15, 0.2) is 0 Å². The minimum atomic E-state index is -0.0604. The van der Waals surface area contributed by atoms with Gasteiger partial charge in [0, 0.05) is 31.4 Å². The van der Waals surface area contributed by atoms with E-state index in [9.17, 15) is 0 Å². The number of aromatic nitrogens is 1. The van der Waals surface area contributed by atoms with Gasteiger partial charge < -0.3 is 10.5 Å². The minimum Gasteiger partial charge on any atom is -0.375 e. The van der Waals surface area contributed by atoms with E-state index in [2.05, 4.69) is 36.7 Å². The highest BCUT2D eigenvalue weighted by Gasteiger charge is 2.44. The fourth-order valence-corrected chi connectivity index (χ4v) is 3.43. The van der Waals surface area contributed by atoms with E-state index in [1.807, 2.05) is 18.3 Å². The summed E-state index contributed by atoms with van der Waals surface area (Å²) in [6.45, 7) is 9.92. The van der Waals surface area contributed by atoms with Crippen LogP contribution in [0, 0.1) is 0 Å². The smallest absolute Gasteiger partial charge is 0.0670 e. The summed E-state index contributed by atoms with van der Waals surface area (Å²) < 4.78 is 6.02. The van der Waals surface area contributed by atoms with Crippen molar-refractivity contribution in [3.8, 4) is 0 Å². The van der Waals surface area contributed by atoms with Crippen molar-refractivity contribution in [3.63, 3.8) is 0 Å². The average molecular weight is 291 g/mol. The summed E-state index contributed by atoms with van der Waals surface area (Å²) in [5, 5.41) is 0. The monoisotopic (exact) mass is 291 g/mol. The van der Waals surface area contributed by atoms with Gasteiger partial charge >= 0.3 is 0 Å². The van der Waals surface area contributed by atoms with E-state index in [4.69, 9.17) is 10.5 Å². The van der Waals surface area contributed by atoms with Crippen LogP contribution < -0.4 is 5.73 Å². The van der Waals surface area contributed by atoms with Crippen LogP contribution in [0.15, 0.2) is 24.4 Å². The third-order valence-corrected chi connectivity index (χ3v) is 4.98. The van der Waals surface area contributed by atoms with E-state index in [1.54, 1.807) is 0 Å². The predicted octanol–water partition coefficient (Wildman–Crippen LogP) is 2.58. The predicted molar refractivity (Wildman–Crippen MR) is 86.0 cm³/mol. The Morgan fingerprint density at radius 3 is 2.76 bits per heavy atom. The van der Waals surface area contributed by atoms with E-state index >= 15 is 0 Å². The van der Waals surface area contributed by atoms with Gasteiger partial charge in [-0.3, -0.25) is 9.88 Å². The summed E-state index contributed by atoms with van der Waals surface area (Å²) >= 11 is 0. The van der Waals surface area contributed by atoms with Crippen LogP contribution >= 0.6 is 0 Å². The molecule has 0 radical (unpaired) electrons. The Morgan fingerprint density at radius 2 is 2.19 bits per heavy atom. The van der Waals surface area contributed by atoms with Crippen LogP contribution in [0.2, 0.25) is 0 Å². The van der Waals surface area contributed by atoms with Gasteiger partial charge in [0.05, 0.1) is 11.3 Å². The molecule has 21 heavy (non-hydrogen) atoms. The fourth-order valence-electron chi connectivity index (χ4n) is 3.43. The van der Waals surface area contributed by atoms with Crippen LogP contribution in [0.1, 0.15) is 45.7 Å². The van der Waals surface area contributed by atoms with Crippen molar-refractivity contribution in [1.29, 1.82) is 0 Å². The van der Waals surface area contributed by atoms with Crippen molar-refractivity contribution < 1.29 is 4.74 Å². The third-order valence-electron chi connectivity index (χ3n) is 4.98. The van der Waals surface area contributed by atoms with Gasteiger partial charge in [0.2, 0.25) is 0 Å². The Hall–Kier alpha value is -0.970. The fraction of sp³-hybridized carbons (Fsp3) is 0.706. The number of hydrogen-bond donors (Lipinski definition) is 1. The number of ether oxygens (including phenoxy) is 1. The molecule has 1 fully saturated rings. The van der Waals surface area contributed by atoms with Crippen LogP contribution in [-0.2, 0) is 11.3 Å². The van der Waals surface area contributed by atoms with Gasteiger partial charge in [0.25, 0.3) is 0 Å². The highest BCUT2D eigenvalue weighted by Crippen LogP contribution is 2.38. The van der Waals surface area contributed by atoms with Crippen molar-refractivity contribution >= 4 is 0 Å². The molecule has 0 aromatic carbocycles. The van der Waals surface area contributed by atoms with Gasteiger partial charge in [-0.2, -0.15) is 0 Å². The summed E-state index contributed by atoms with van der Waals surface area (Å²) in [4.78, 5) is 6.96. The standard InChI is InChI=1S/C17H29N3O/c1-4-16(3)13-17(14-18,9-11-21-16)20(5-2)12-15-8-6-7-10-19-15/h6-8,10H,4-5,9,11-14,18H2,1-3H3.